The van der Waals surface area contributed by atoms with E-state index in [0.717, 1.165) is 4.90 Å². The molecule has 0 aliphatic carbocycles. The van der Waals surface area contributed by atoms with Gasteiger partial charge in [-0.25, -0.2) is 14.4 Å². The highest BCUT2D eigenvalue weighted by Crippen LogP contribution is 2.38. The predicted molar refractivity (Wildman–Crippen MR) is 346 cm³/mol. The number of aliphatic hydroxyl groups is 3. The number of primary amides is 1. The number of allylic oxidation sites excluding steroid dienone is 2. The molecule has 1 unspecified atom stereocenters. The van der Waals surface area contributed by atoms with Crippen LogP contribution in [0.3, 0.4) is 0 Å². The Balaban J connectivity index is 1.10. The Morgan fingerprint density at radius 2 is 1.61 bits per heavy atom. The van der Waals surface area contributed by atoms with Gasteiger partial charge in [-0.3, -0.25) is 43.4 Å². The zero-order valence-electron chi connectivity index (χ0n) is 56.2. The van der Waals surface area contributed by atoms with E-state index in [4.69, 9.17) is 29.4 Å². The topological polar surface area (TPSA) is 368 Å². The Kier molecular flexibility index (Phi) is 30.1. The van der Waals surface area contributed by atoms with Crippen LogP contribution in [0.15, 0.2) is 72.4 Å². The molecule has 4 aliphatic rings. The van der Waals surface area contributed by atoms with Crippen molar-refractivity contribution in [3.8, 4) is 0 Å². The molecule has 0 bridgehead atoms. The van der Waals surface area contributed by atoms with Crippen LogP contribution >= 0.6 is 0 Å². The summed E-state index contributed by atoms with van der Waals surface area (Å²) in [4.78, 5) is 135. The fourth-order valence-electron chi connectivity index (χ4n) is 11.3. The Morgan fingerprint density at radius 1 is 0.926 bits per heavy atom. The first kappa shape index (κ1) is 77.0. The zero-order chi connectivity index (χ0) is 69.5. The van der Waals surface area contributed by atoms with Gasteiger partial charge in [0.1, 0.15) is 30.4 Å². The molecule has 4 heterocycles. The standard InChI is InChI=1S/C67H101N9O18/c1-11-51(79)45(6)60-52(91-60)40-66(8,89)29-15-17-43(4)59-44(5)20-25-53(67(9,94-46(7)77)30-28-49(78)39-57(83)93-59)92-65(88)75-37-35-74(36-38-75)34-33-73(10)64(87)90-41-47-21-23-48(24-22-47)70-61(84)50(18-16-31-69-63(68)86)71-62(85)58(42(2)3)72-54(80)19-13-12-14-32-76-55(81)26-27-56(76)82/h15,17,20-27,29,42,44-45,49-53,58-60,78-79,89H,11-14,16,18-19,28,30-41H2,1-10H3,(H,70,84)(H,71,85)(H,72,80)(H3,68,69,86)/b25-20+,29-15+,43-17+/t44-,45+,49+,50-,51-,52+,53-,58?,59+,60+,66-,67+/m0/s1. The summed E-state index contributed by atoms with van der Waals surface area (Å²) in [7, 11) is 1.60. The third kappa shape index (κ3) is 25.2. The Labute approximate surface area is 551 Å². The number of nitrogens with zero attached hydrogens (tertiary/aromatic N) is 4. The summed E-state index contributed by atoms with van der Waals surface area (Å²) in [6.45, 7) is 17.9. The molecule has 27 nitrogen and oxygen atoms in total. The van der Waals surface area contributed by atoms with Crippen molar-refractivity contribution in [1.29, 1.82) is 0 Å². The number of rotatable bonds is 31. The number of carbonyl (C=O) groups excluding carboxylic acids is 10. The number of amides is 9. The zero-order valence-corrected chi connectivity index (χ0v) is 56.2. The second-order valence-electron chi connectivity index (χ2n) is 25.8. The maximum atomic E-state index is 14.0. The Hall–Kier alpha value is -7.72. The summed E-state index contributed by atoms with van der Waals surface area (Å²) in [5.41, 5.74) is 4.14. The summed E-state index contributed by atoms with van der Waals surface area (Å²) < 4.78 is 29.4. The summed E-state index contributed by atoms with van der Waals surface area (Å²) >= 11 is 0. The van der Waals surface area contributed by atoms with Crippen molar-refractivity contribution in [3.63, 3.8) is 0 Å². The Morgan fingerprint density at radius 3 is 2.24 bits per heavy atom. The van der Waals surface area contributed by atoms with Gasteiger partial charge >= 0.3 is 30.2 Å². The molecule has 9 amide bonds. The van der Waals surface area contributed by atoms with Gasteiger partial charge in [-0.2, -0.15) is 0 Å². The molecule has 12 atom stereocenters. The summed E-state index contributed by atoms with van der Waals surface area (Å²) in [6, 6.07) is 3.74. The van der Waals surface area contributed by atoms with Crippen LogP contribution in [0.1, 0.15) is 139 Å². The molecule has 5 rings (SSSR count). The summed E-state index contributed by atoms with van der Waals surface area (Å²) in [6.07, 6.45) is 8.19. The first-order chi connectivity index (χ1) is 44.4. The number of aliphatic hydroxyl groups excluding tert-OH is 2. The number of carbonyl (C=O) groups is 10. The van der Waals surface area contributed by atoms with Gasteiger partial charge in [0, 0.05) is 109 Å². The highest BCUT2D eigenvalue weighted by Gasteiger charge is 2.47. The average Bonchev–Trinajstić information content (AvgIpc) is 1.55. The fraction of sp³-hybridized carbons (Fsp3) is 0.642. The molecule has 1 aromatic rings. The van der Waals surface area contributed by atoms with E-state index in [1.165, 1.54) is 24.0 Å². The van der Waals surface area contributed by atoms with Crippen LogP contribution in [-0.4, -0.2) is 214 Å². The first-order valence-corrected chi connectivity index (χ1v) is 32.7. The number of nitrogens with two attached hydrogens (primary N) is 1. The van der Waals surface area contributed by atoms with Crippen molar-refractivity contribution in [1.82, 2.24) is 35.6 Å². The normalized spacial score (nSPS) is 24.3. The van der Waals surface area contributed by atoms with Gasteiger partial charge in [-0.05, 0) is 101 Å². The second kappa shape index (κ2) is 36.8. The van der Waals surface area contributed by atoms with Gasteiger partial charge in [0.05, 0.1) is 36.4 Å². The van der Waals surface area contributed by atoms with E-state index in [1.54, 1.807) is 101 Å². The van der Waals surface area contributed by atoms with E-state index in [1.807, 2.05) is 20.8 Å². The van der Waals surface area contributed by atoms with Crippen LogP contribution in [0.2, 0.25) is 0 Å². The number of epoxide rings is 1. The number of hydrogen-bond acceptors (Lipinski definition) is 19. The number of hydrogen-bond donors (Lipinski definition) is 8. The van der Waals surface area contributed by atoms with Crippen LogP contribution in [0, 0.1) is 17.8 Å². The minimum absolute atomic E-state index is 0.00585. The molecule has 0 radical (unpaired) electrons. The van der Waals surface area contributed by atoms with Gasteiger partial charge < -0.3 is 75.8 Å². The minimum atomic E-state index is -1.45. The quantitative estimate of drug-likeness (QED) is 0.00952. The molecule has 2 saturated heterocycles. The largest absolute Gasteiger partial charge is 0.457 e. The molecule has 0 aromatic heterocycles. The number of likely N-dealkylation sites (N-methyl/N-ethyl adjacent to an activating group) is 1. The van der Waals surface area contributed by atoms with E-state index in [9.17, 15) is 63.3 Å². The minimum Gasteiger partial charge on any atom is -0.457 e. The van der Waals surface area contributed by atoms with E-state index in [0.29, 0.717) is 75.1 Å². The molecule has 27 heteroatoms. The molecule has 1 aromatic carbocycles. The van der Waals surface area contributed by atoms with Crippen LogP contribution in [0.5, 0.6) is 0 Å². The molecule has 0 spiro atoms. The van der Waals surface area contributed by atoms with Gasteiger partial charge in [-0.15, -0.1) is 0 Å². The summed E-state index contributed by atoms with van der Waals surface area (Å²) in [5.74, 6) is -4.49. The van der Waals surface area contributed by atoms with E-state index in [-0.39, 0.29) is 113 Å². The lowest BCUT2D eigenvalue weighted by Crippen LogP contribution is -2.54. The first-order valence-electron chi connectivity index (χ1n) is 32.7. The number of imide groups is 1. The molecule has 2 fully saturated rings. The number of unbranched alkanes of at least 4 members (excludes halogenated alkanes) is 2. The number of urea groups is 1. The molecule has 9 N–H and O–H groups in total. The number of ether oxygens (including phenoxy) is 5. The van der Waals surface area contributed by atoms with E-state index in [2.05, 4.69) is 26.2 Å². The van der Waals surface area contributed by atoms with Crippen molar-refractivity contribution < 1.29 is 86.9 Å². The highest BCUT2D eigenvalue weighted by atomic mass is 16.6. The number of cyclic esters (lactones) is 1. The van der Waals surface area contributed by atoms with E-state index < -0.39 is 95.6 Å². The average molecular weight is 1320 g/mol. The molecule has 522 valence electrons. The molecule has 94 heavy (non-hydrogen) atoms. The van der Waals surface area contributed by atoms with Crippen LogP contribution in [0.25, 0.3) is 0 Å². The van der Waals surface area contributed by atoms with Gasteiger partial charge in [0.2, 0.25) is 17.7 Å². The second-order valence-corrected chi connectivity index (χ2v) is 25.8. The number of anilines is 1. The lowest BCUT2D eigenvalue weighted by molar-refractivity contribution is -0.168. The van der Waals surface area contributed by atoms with Crippen molar-refractivity contribution in [3.05, 3.63) is 77.9 Å². The maximum absolute atomic E-state index is 14.0. The number of esters is 2. The SMILES string of the molecule is CC[C@H](O)[C@@H](C)[C@H]1O[C@@H]1C[C@@](C)(O)/C=C/C=C(\C)[C@H]1OC(=O)C[C@H](O)CC[C@@](C)(OC(C)=O)[C@@H](OC(=O)N2CCN(CCN(C)C(=O)OCc3ccc(NC(=O)[C@H](CCCNC(N)=O)NC(=O)C(NC(=O)CCCCCN4C(=O)C=CC4=O)C(C)C)cc3)CC2)/C=C/[C@@H]1C. The third-order valence-electron chi connectivity index (χ3n) is 17.3. The number of piperazine rings is 1. The lowest BCUT2D eigenvalue weighted by atomic mass is 9.88. The van der Waals surface area contributed by atoms with Crippen molar-refractivity contribution in [2.45, 2.75) is 199 Å². The maximum Gasteiger partial charge on any atom is 0.410 e. The lowest BCUT2D eigenvalue weighted by Gasteiger charge is -2.39. The Bertz CT molecular complexity index is 2870. The third-order valence-corrected chi connectivity index (χ3v) is 17.3. The fourth-order valence-corrected chi connectivity index (χ4v) is 11.3. The molecular formula is C67H101N9O18. The molecule has 4 aliphatic heterocycles. The van der Waals surface area contributed by atoms with Crippen molar-refractivity contribution in [2.24, 2.45) is 23.5 Å². The highest BCUT2D eigenvalue weighted by molar-refractivity contribution is 6.12. The number of nitrogens with one attached hydrogen (secondary N) is 4. The van der Waals surface area contributed by atoms with Crippen molar-refractivity contribution in [2.75, 3.05) is 64.7 Å². The van der Waals surface area contributed by atoms with Crippen molar-refractivity contribution >= 4 is 65.4 Å². The summed E-state index contributed by atoms with van der Waals surface area (Å²) in [5, 5.41) is 43.3. The van der Waals surface area contributed by atoms with E-state index >= 15 is 0 Å². The van der Waals surface area contributed by atoms with Gasteiger partial charge in [-0.1, -0.05) is 77.5 Å². The number of benzene rings is 1. The van der Waals surface area contributed by atoms with Gasteiger partial charge in [0.25, 0.3) is 11.8 Å². The smallest absolute Gasteiger partial charge is 0.410 e. The van der Waals surface area contributed by atoms with Crippen LogP contribution < -0.4 is 27.0 Å². The van der Waals surface area contributed by atoms with Crippen LogP contribution in [0.4, 0.5) is 20.1 Å². The molecular weight excluding hydrogens is 1220 g/mol. The monoisotopic (exact) mass is 1320 g/mol. The van der Waals surface area contributed by atoms with Gasteiger partial charge in [0.15, 0.2) is 6.10 Å². The predicted octanol–water partition coefficient (Wildman–Crippen LogP) is 4.66. The molecule has 0 saturated carbocycles. The van der Waals surface area contributed by atoms with Crippen LogP contribution in [-0.2, 0) is 63.9 Å².